The fourth-order valence-electron chi connectivity index (χ4n) is 1.85. The molecule has 0 bridgehead atoms. The number of amides is 1. The van der Waals surface area contributed by atoms with Crippen LogP contribution in [0.5, 0.6) is 0 Å². The Morgan fingerprint density at radius 3 is 2.53 bits per heavy atom. The number of carbonyl (C=O) groups is 1. The lowest BCUT2D eigenvalue weighted by atomic mass is 9.97. The average Bonchev–Trinajstić information content (AvgIpc) is 2.24. The topological polar surface area (TPSA) is 46.3 Å². The highest BCUT2D eigenvalue weighted by Gasteiger charge is 2.30. The van der Waals surface area contributed by atoms with Crippen LogP contribution in [0, 0.1) is 0 Å². The number of hydrogen-bond acceptors (Lipinski definition) is 2. The molecular formula is C12H16N2O. The van der Waals surface area contributed by atoms with E-state index in [1.165, 1.54) is 0 Å². The van der Waals surface area contributed by atoms with Crippen LogP contribution in [0.1, 0.15) is 18.4 Å². The molecule has 0 unspecified atom stereocenters. The van der Waals surface area contributed by atoms with E-state index in [2.05, 4.69) is 0 Å². The third-order valence-corrected chi connectivity index (χ3v) is 2.89. The van der Waals surface area contributed by atoms with E-state index in [0.29, 0.717) is 13.1 Å². The molecule has 0 spiro atoms. The number of nitrogens with two attached hydrogens (primary N) is 1. The first-order valence-corrected chi connectivity index (χ1v) is 5.28. The molecule has 0 saturated carbocycles. The molecule has 1 aliphatic rings. The van der Waals surface area contributed by atoms with Gasteiger partial charge in [-0.15, -0.1) is 0 Å². The summed E-state index contributed by atoms with van der Waals surface area (Å²) in [6.45, 7) is 3.35. The highest BCUT2D eigenvalue weighted by molar-refractivity contribution is 5.84. The SMILES string of the molecule is C[C@@H](C(=O)N1CC(N)C1)c1ccccc1. The maximum Gasteiger partial charge on any atom is 0.229 e. The third kappa shape index (κ3) is 2.02. The quantitative estimate of drug-likeness (QED) is 0.780. The van der Waals surface area contributed by atoms with E-state index >= 15 is 0 Å². The van der Waals surface area contributed by atoms with Crippen molar-refractivity contribution < 1.29 is 4.79 Å². The zero-order chi connectivity index (χ0) is 10.8. The van der Waals surface area contributed by atoms with Crippen molar-refractivity contribution >= 4 is 5.91 Å². The molecule has 1 atom stereocenters. The number of benzene rings is 1. The molecule has 1 amide bonds. The number of rotatable bonds is 2. The molecule has 1 aromatic rings. The van der Waals surface area contributed by atoms with Gasteiger partial charge in [-0.2, -0.15) is 0 Å². The van der Waals surface area contributed by atoms with Gasteiger partial charge in [0.05, 0.1) is 5.92 Å². The van der Waals surface area contributed by atoms with Crippen LogP contribution in [0.3, 0.4) is 0 Å². The van der Waals surface area contributed by atoms with Crippen molar-refractivity contribution in [2.24, 2.45) is 5.73 Å². The normalized spacial score (nSPS) is 18.4. The molecule has 0 aromatic heterocycles. The molecule has 1 aromatic carbocycles. The minimum Gasteiger partial charge on any atom is -0.339 e. The first-order valence-electron chi connectivity index (χ1n) is 5.28. The molecule has 3 nitrogen and oxygen atoms in total. The summed E-state index contributed by atoms with van der Waals surface area (Å²) in [5, 5.41) is 0. The van der Waals surface area contributed by atoms with Gasteiger partial charge in [-0.05, 0) is 12.5 Å². The second kappa shape index (κ2) is 4.03. The zero-order valence-corrected chi connectivity index (χ0v) is 8.89. The largest absolute Gasteiger partial charge is 0.339 e. The third-order valence-electron chi connectivity index (χ3n) is 2.89. The van der Waals surface area contributed by atoms with Gasteiger partial charge in [0.2, 0.25) is 5.91 Å². The Hall–Kier alpha value is -1.35. The Balaban J connectivity index is 2.02. The minimum atomic E-state index is -0.0568. The molecule has 15 heavy (non-hydrogen) atoms. The van der Waals surface area contributed by atoms with Crippen molar-refractivity contribution in [3.8, 4) is 0 Å². The van der Waals surface area contributed by atoms with Crippen molar-refractivity contribution in [2.45, 2.75) is 18.9 Å². The maximum absolute atomic E-state index is 11.9. The van der Waals surface area contributed by atoms with E-state index < -0.39 is 0 Å². The first-order chi connectivity index (χ1) is 7.18. The van der Waals surface area contributed by atoms with E-state index in [-0.39, 0.29) is 17.9 Å². The van der Waals surface area contributed by atoms with Crippen molar-refractivity contribution in [3.63, 3.8) is 0 Å². The Kier molecular flexibility index (Phi) is 2.73. The van der Waals surface area contributed by atoms with Crippen LogP contribution < -0.4 is 5.73 Å². The van der Waals surface area contributed by atoms with Crippen molar-refractivity contribution in [1.29, 1.82) is 0 Å². The van der Waals surface area contributed by atoms with Gasteiger partial charge in [-0.25, -0.2) is 0 Å². The summed E-state index contributed by atoms with van der Waals surface area (Å²) >= 11 is 0. The van der Waals surface area contributed by atoms with Gasteiger partial charge in [0.1, 0.15) is 0 Å². The standard InChI is InChI=1S/C12H16N2O/c1-9(10-5-3-2-4-6-10)12(15)14-7-11(13)8-14/h2-6,9,11H,7-8,13H2,1H3/t9-/m1/s1. The maximum atomic E-state index is 11.9. The van der Waals surface area contributed by atoms with Crippen LogP contribution in [0.2, 0.25) is 0 Å². The van der Waals surface area contributed by atoms with Crippen LogP contribution in [0.4, 0.5) is 0 Å². The Bertz CT molecular complexity index is 344. The Morgan fingerprint density at radius 1 is 1.40 bits per heavy atom. The van der Waals surface area contributed by atoms with E-state index in [4.69, 9.17) is 5.73 Å². The molecule has 2 rings (SSSR count). The van der Waals surface area contributed by atoms with Gasteiger partial charge < -0.3 is 10.6 Å². The summed E-state index contributed by atoms with van der Waals surface area (Å²) in [4.78, 5) is 13.8. The van der Waals surface area contributed by atoms with Gasteiger partial charge >= 0.3 is 0 Å². The van der Waals surface area contributed by atoms with Crippen LogP contribution >= 0.6 is 0 Å². The minimum absolute atomic E-state index is 0.0568. The van der Waals surface area contributed by atoms with Gasteiger partial charge in [-0.3, -0.25) is 4.79 Å². The highest BCUT2D eigenvalue weighted by Crippen LogP contribution is 2.20. The Morgan fingerprint density at radius 2 is 2.00 bits per heavy atom. The molecule has 80 valence electrons. The van der Waals surface area contributed by atoms with Crippen molar-refractivity contribution in [1.82, 2.24) is 4.90 Å². The number of hydrogen-bond donors (Lipinski definition) is 1. The van der Waals surface area contributed by atoms with Crippen LogP contribution in [-0.4, -0.2) is 29.9 Å². The monoisotopic (exact) mass is 204 g/mol. The molecule has 1 aliphatic heterocycles. The summed E-state index contributed by atoms with van der Waals surface area (Å²) < 4.78 is 0. The predicted octanol–water partition coefficient (Wildman–Crippen LogP) is 0.960. The Labute approximate surface area is 89.9 Å². The van der Waals surface area contributed by atoms with Gasteiger partial charge in [0, 0.05) is 19.1 Å². The molecule has 2 N–H and O–H groups in total. The van der Waals surface area contributed by atoms with E-state index in [1.807, 2.05) is 42.2 Å². The van der Waals surface area contributed by atoms with Crippen LogP contribution in [0.15, 0.2) is 30.3 Å². The van der Waals surface area contributed by atoms with Crippen molar-refractivity contribution in [3.05, 3.63) is 35.9 Å². The second-order valence-electron chi connectivity index (χ2n) is 4.14. The van der Waals surface area contributed by atoms with E-state index in [9.17, 15) is 4.79 Å². The average molecular weight is 204 g/mol. The van der Waals surface area contributed by atoms with Crippen molar-refractivity contribution in [2.75, 3.05) is 13.1 Å². The van der Waals surface area contributed by atoms with Gasteiger partial charge in [0.15, 0.2) is 0 Å². The highest BCUT2D eigenvalue weighted by atomic mass is 16.2. The number of nitrogens with zero attached hydrogens (tertiary/aromatic N) is 1. The summed E-state index contributed by atoms with van der Waals surface area (Å²) in [6.07, 6.45) is 0. The fraction of sp³-hybridized carbons (Fsp3) is 0.417. The molecule has 0 radical (unpaired) electrons. The van der Waals surface area contributed by atoms with Crippen LogP contribution in [-0.2, 0) is 4.79 Å². The summed E-state index contributed by atoms with van der Waals surface area (Å²) in [5.74, 6) is 0.126. The summed E-state index contributed by atoms with van der Waals surface area (Å²) in [6, 6.07) is 10.0. The van der Waals surface area contributed by atoms with E-state index in [0.717, 1.165) is 5.56 Å². The fourth-order valence-corrected chi connectivity index (χ4v) is 1.85. The second-order valence-corrected chi connectivity index (χ2v) is 4.14. The number of likely N-dealkylation sites (tertiary alicyclic amines) is 1. The molecule has 3 heteroatoms. The number of carbonyl (C=O) groups excluding carboxylic acids is 1. The van der Waals surface area contributed by atoms with Gasteiger partial charge in [-0.1, -0.05) is 30.3 Å². The lowest BCUT2D eigenvalue weighted by Crippen LogP contribution is -2.58. The molecule has 1 heterocycles. The zero-order valence-electron chi connectivity index (χ0n) is 8.89. The molecule has 0 aliphatic carbocycles. The lowest BCUT2D eigenvalue weighted by molar-refractivity contribution is -0.136. The lowest BCUT2D eigenvalue weighted by Gasteiger charge is -2.38. The smallest absolute Gasteiger partial charge is 0.229 e. The summed E-state index contributed by atoms with van der Waals surface area (Å²) in [5.41, 5.74) is 6.72. The first kappa shape index (κ1) is 10.2. The van der Waals surface area contributed by atoms with E-state index in [1.54, 1.807) is 0 Å². The predicted molar refractivity (Wildman–Crippen MR) is 59.4 cm³/mol. The van der Waals surface area contributed by atoms with Gasteiger partial charge in [0.25, 0.3) is 0 Å². The summed E-state index contributed by atoms with van der Waals surface area (Å²) in [7, 11) is 0. The molecular weight excluding hydrogens is 188 g/mol. The van der Waals surface area contributed by atoms with Crippen LogP contribution in [0.25, 0.3) is 0 Å². The molecule has 1 saturated heterocycles. The molecule has 1 fully saturated rings.